The summed E-state index contributed by atoms with van der Waals surface area (Å²) in [5.41, 5.74) is 1.65. The zero-order chi connectivity index (χ0) is 33.8. The van der Waals surface area contributed by atoms with Gasteiger partial charge >= 0.3 is 0 Å². The molecule has 0 saturated carbocycles. The number of rotatable bonds is 8. The first-order valence-corrected chi connectivity index (χ1v) is 19.7. The van der Waals surface area contributed by atoms with Gasteiger partial charge in [0.25, 0.3) is 11.5 Å². The molecule has 7 rings (SSSR count). The highest BCUT2D eigenvalue weighted by atomic mass is 35.5. The zero-order valence-corrected chi connectivity index (χ0v) is 29.1. The van der Waals surface area contributed by atoms with Crippen LogP contribution in [0.25, 0.3) is 16.5 Å². The number of ether oxygens (including phenoxy) is 2. The fourth-order valence-corrected chi connectivity index (χ4v) is 12.3. The van der Waals surface area contributed by atoms with Crippen molar-refractivity contribution in [2.24, 2.45) is 5.92 Å². The largest absolute Gasteiger partial charge is 0.497 e. The van der Waals surface area contributed by atoms with Crippen LogP contribution in [0.2, 0.25) is 23.7 Å². The van der Waals surface area contributed by atoms with E-state index in [0.29, 0.717) is 29.1 Å². The maximum absolute atomic E-state index is 14.9. The predicted molar refractivity (Wildman–Crippen MR) is 191 cm³/mol. The molecule has 0 bridgehead atoms. The topological polar surface area (TPSA) is 93.9 Å². The number of carbonyl (C=O) groups is 1. The highest BCUT2D eigenvalue weighted by Crippen LogP contribution is 2.60. The van der Waals surface area contributed by atoms with E-state index in [1.807, 2.05) is 66.7 Å². The molecule has 1 spiro atoms. The van der Waals surface area contributed by atoms with Gasteiger partial charge in [0.15, 0.2) is 5.60 Å². The third kappa shape index (κ3) is 5.08. The second-order valence-corrected chi connectivity index (χ2v) is 18.5. The number of fused-ring (bicyclic) bond motifs is 3. The summed E-state index contributed by atoms with van der Waals surface area (Å²) in [7, 11) is -0.633. The van der Waals surface area contributed by atoms with Crippen molar-refractivity contribution in [1.82, 2.24) is 9.78 Å². The average Bonchev–Trinajstić information content (AvgIpc) is 3.51. The Morgan fingerprint density at radius 1 is 1.00 bits per heavy atom. The van der Waals surface area contributed by atoms with Gasteiger partial charge in [-0.15, -0.1) is 0 Å². The van der Waals surface area contributed by atoms with Gasteiger partial charge in [-0.2, -0.15) is 9.78 Å². The number of anilines is 1. The lowest BCUT2D eigenvalue weighted by Gasteiger charge is -2.37. The number of benzene rings is 4. The zero-order valence-electron chi connectivity index (χ0n) is 27.4. The lowest BCUT2D eigenvalue weighted by atomic mass is 9.82. The molecule has 1 N–H and O–H groups in total. The molecule has 2 aliphatic heterocycles. The summed E-state index contributed by atoms with van der Waals surface area (Å²) >= 11 is 6.60. The van der Waals surface area contributed by atoms with E-state index < -0.39 is 13.7 Å². The predicted octanol–water partition coefficient (Wildman–Crippen LogP) is 6.19. The van der Waals surface area contributed by atoms with Crippen LogP contribution in [0.15, 0.2) is 102 Å². The Morgan fingerprint density at radius 3 is 2.44 bits per heavy atom. The molecule has 246 valence electrons. The van der Waals surface area contributed by atoms with Crippen molar-refractivity contribution in [3.05, 3.63) is 124 Å². The number of aliphatic hydroxyl groups excluding tert-OH is 1. The summed E-state index contributed by atoms with van der Waals surface area (Å²) in [6.45, 7) is 7.01. The number of methoxy groups -OCH3 is 1. The van der Waals surface area contributed by atoms with Gasteiger partial charge in [0.2, 0.25) is 0 Å². The van der Waals surface area contributed by atoms with Crippen LogP contribution in [0.3, 0.4) is 0 Å². The minimum Gasteiger partial charge on any atom is -0.497 e. The molecule has 8 nitrogen and oxygen atoms in total. The number of amides is 1. The summed E-state index contributed by atoms with van der Waals surface area (Å²) in [4.78, 5) is 29.8. The van der Waals surface area contributed by atoms with E-state index in [2.05, 4.69) is 37.2 Å². The first-order chi connectivity index (χ1) is 23.1. The van der Waals surface area contributed by atoms with Crippen molar-refractivity contribution >= 4 is 47.2 Å². The molecule has 0 aliphatic carbocycles. The molecule has 1 saturated heterocycles. The number of hydrogen-bond acceptors (Lipinski definition) is 6. The minimum atomic E-state index is -2.29. The van der Waals surface area contributed by atoms with Crippen molar-refractivity contribution in [2.75, 3.05) is 18.6 Å². The van der Waals surface area contributed by atoms with Gasteiger partial charge in [0.1, 0.15) is 5.75 Å². The number of halogens is 1. The summed E-state index contributed by atoms with van der Waals surface area (Å²) in [6.07, 6.45) is 1.79. The van der Waals surface area contributed by atoms with Crippen molar-refractivity contribution in [1.29, 1.82) is 0 Å². The molecule has 1 aromatic heterocycles. The Morgan fingerprint density at radius 2 is 1.73 bits per heavy atom. The van der Waals surface area contributed by atoms with Crippen LogP contribution in [0, 0.1) is 5.92 Å². The second-order valence-electron chi connectivity index (χ2n) is 13.3. The molecule has 48 heavy (non-hydrogen) atoms. The molecule has 4 atom stereocenters. The van der Waals surface area contributed by atoms with E-state index in [9.17, 15) is 14.7 Å². The van der Waals surface area contributed by atoms with Crippen molar-refractivity contribution in [2.45, 2.75) is 50.2 Å². The Hall–Kier alpha value is -4.28. The van der Waals surface area contributed by atoms with E-state index >= 15 is 0 Å². The molecule has 1 amide bonds. The van der Waals surface area contributed by atoms with Crippen LogP contribution in [0.4, 0.5) is 5.69 Å². The van der Waals surface area contributed by atoms with Gasteiger partial charge in [-0.25, -0.2) is 0 Å². The van der Waals surface area contributed by atoms with E-state index in [1.165, 1.54) is 9.87 Å². The first-order valence-electron chi connectivity index (χ1n) is 16.2. The molecule has 4 aromatic carbocycles. The fraction of sp³-hybridized carbons (Fsp3) is 0.289. The molecule has 3 heterocycles. The summed E-state index contributed by atoms with van der Waals surface area (Å²) in [6, 6.07) is 28.7. The number of aliphatic hydroxyl groups is 1. The van der Waals surface area contributed by atoms with Crippen LogP contribution < -0.4 is 20.4 Å². The minimum absolute atomic E-state index is 0.0285. The maximum atomic E-state index is 14.9. The number of aromatic nitrogens is 2. The van der Waals surface area contributed by atoms with Crippen molar-refractivity contribution in [3.8, 4) is 11.4 Å². The molecular weight excluding hydrogens is 642 g/mol. The Bertz CT molecular complexity index is 2070. The molecule has 10 heteroatoms. The van der Waals surface area contributed by atoms with Crippen LogP contribution in [-0.2, 0) is 21.7 Å². The third-order valence-corrected chi connectivity index (χ3v) is 15.0. The van der Waals surface area contributed by atoms with Gasteiger partial charge in [0, 0.05) is 28.5 Å². The molecular formula is C38H38ClN3O5Si. The fourth-order valence-electron chi connectivity index (χ4n) is 8.04. The van der Waals surface area contributed by atoms with Crippen molar-refractivity contribution < 1.29 is 19.4 Å². The van der Waals surface area contributed by atoms with Crippen LogP contribution in [-0.4, -0.2) is 48.7 Å². The smallest absolute Gasteiger partial charge is 0.279 e. The monoisotopic (exact) mass is 679 g/mol. The summed E-state index contributed by atoms with van der Waals surface area (Å²) in [5, 5.41) is 17.7. The van der Waals surface area contributed by atoms with Crippen molar-refractivity contribution in [3.63, 3.8) is 0 Å². The Balaban J connectivity index is 1.24. The van der Waals surface area contributed by atoms with Gasteiger partial charge < -0.3 is 19.5 Å². The van der Waals surface area contributed by atoms with Crippen LogP contribution in [0.1, 0.15) is 24.5 Å². The lowest BCUT2D eigenvalue weighted by molar-refractivity contribution is -0.146. The highest BCUT2D eigenvalue weighted by molar-refractivity contribution is 6.91. The van der Waals surface area contributed by atoms with E-state index in [-0.39, 0.29) is 35.6 Å². The second kappa shape index (κ2) is 12.3. The van der Waals surface area contributed by atoms with E-state index in [1.54, 1.807) is 30.3 Å². The molecule has 2 aliphatic rings. The normalized spacial score (nSPS) is 22.1. The first kappa shape index (κ1) is 32.3. The summed E-state index contributed by atoms with van der Waals surface area (Å²) in [5.74, 6) is 0.468. The molecule has 0 unspecified atom stereocenters. The standard InChI is InChI=1S/C38H38ClN3O5Si/c1-24-35(48(3,4)30-16-14-29(46-2)15-17-30)34(19-20-43)47-38(24)32-21-27(39)11-18-33(32)41(37(38)45)23-25-9-12-28(13-10-25)42-36(44)31-8-6-5-7-26(31)22-40-42/h5-18,21-22,24,34-35,43H,19-20,23H2,1-4H3/t24-,34+,35-,38+/m1/s1. The average molecular weight is 680 g/mol. The van der Waals surface area contributed by atoms with E-state index in [0.717, 1.165) is 28.0 Å². The third-order valence-electron chi connectivity index (χ3n) is 10.4. The number of carbonyl (C=O) groups excluding carboxylic acids is 1. The van der Waals surface area contributed by atoms with Gasteiger partial charge in [-0.05, 0) is 66.1 Å². The highest BCUT2D eigenvalue weighted by Gasteiger charge is 2.66. The summed E-state index contributed by atoms with van der Waals surface area (Å²) < 4.78 is 13.8. The van der Waals surface area contributed by atoms with E-state index in [4.69, 9.17) is 21.1 Å². The van der Waals surface area contributed by atoms with Crippen LogP contribution >= 0.6 is 11.6 Å². The Labute approximate surface area is 285 Å². The number of nitrogens with zero attached hydrogens (tertiary/aromatic N) is 3. The van der Waals surface area contributed by atoms with Gasteiger partial charge in [-0.1, -0.05) is 79.3 Å². The lowest BCUT2D eigenvalue weighted by Crippen LogP contribution is -2.51. The van der Waals surface area contributed by atoms with Gasteiger partial charge in [-0.3, -0.25) is 9.59 Å². The molecule has 1 fully saturated rings. The maximum Gasteiger partial charge on any atom is 0.279 e. The quantitative estimate of drug-likeness (QED) is 0.197. The van der Waals surface area contributed by atoms with Gasteiger partial charge in [0.05, 0.1) is 50.8 Å². The molecule has 0 radical (unpaired) electrons. The molecule has 5 aromatic rings. The SMILES string of the molecule is COc1ccc([Si](C)(C)[C@H]2[C@H](CCO)O[C@@]3(C(=O)N(Cc4ccc(-n5ncc6ccccc6c5=O)cc4)c4ccc(Cl)cc43)[C@@H]2C)cc1. The van der Waals surface area contributed by atoms with Crippen LogP contribution in [0.5, 0.6) is 5.75 Å². The number of hydrogen-bond donors (Lipinski definition) is 1. The Kier molecular flexibility index (Phi) is 8.28.